The van der Waals surface area contributed by atoms with Crippen LogP contribution in [-0.2, 0) is 9.84 Å². The summed E-state index contributed by atoms with van der Waals surface area (Å²) in [6.07, 6.45) is 3.90. The largest absolute Gasteiger partial charge is 0.496 e. The standard InChI is InChI=1S/C21H28N2O3S.ClH/c1-4-23-15-7-6-14(12-15)21(23)19-10-9-18(22-19)17-13-16(27(24,25)5-2)8-11-20(17)26-3;/h8-11,13-15,21-22H,4-7,12H2,1-3H3;1H. The van der Waals surface area contributed by atoms with E-state index in [1.165, 1.54) is 25.0 Å². The highest BCUT2D eigenvalue weighted by molar-refractivity contribution is 7.91. The topological polar surface area (TPSA) is 62.4 Å². The Kier molecular flexibility index (Phi) is 6.13. The average molecular weight is 425 g/mol. The fraction of sp³-hybridized carbons (Fsp3) is 0.524. The molecule has 154 valence electrons. The second kappa shape index (κ2) is 8.09. The zero-order chi connectivity index (χ0) is 19.2. The zero-order valence-electron chi connectivity index (χ0n) is 16.6. The van der Waals surface area contributed by atoms with Gasteiger partial charge in [-0.25, -0.2) is 8.42 Å². The lowest BCUT2D eigenvalue weighted by Crippen LogP contribution is -2.35. The number of nitrogens with one attached hydrogen (secondary N) is 1. The van der Waals surface area contributed by atoms with Gasteiger partial charge in [-0.05, 0) is 62.1 Å². The lowest BCUT2D eigenvalue weighted by molar-refractivity contribution is 0.145. The molecule has 1 aromatic heterocycles. The summed E-state index contributed by atoms with van der Waals surface area (Å²) in [5.74, 6) is 1.49. The van der Waals surface area contributed by atoms with Crippen LogP contribution in [0.5, 0.6) is 5.75 Å². The molecule has 2 heterocycles. The van der Waals surface area contributed by atoms with Crippen molar-refractivity contribution in [2.45, 2.75) is 50.1 Å². The minimum absolute atomic E-state index is 0. The number of ether oxygens (including phenoxy) is 1. The molecule has 0 radical (unpaired) electrons. The first-order valence-corrected chi connectivity index (χ1v) is 11.5. The van der Waals surface area contributed by atoms with E-state index in [4.69, 9.17) is 4.74 Å². The van der Waals surface area contributed by atoms with Crippen LogP contribution in [-0.4, -0.2) is 43.8 Å². The number of rotatable bonds is 6. The first-order valence-electron chi connectivity index (χ1n) is 9.84. The number of hydrogen-bond acceptors (Lipinski definition) is 4. The maximum atomic E-state index is 12.3. The van der Waals surface area contributed by atoms with Crippen molar-refractivity contribution in [3.63, 3.8) is 0 Å². The number of likely N-dealkylation sites (tertiary alicyclic amines) is 1. The van der Waals surface area contributed by atoms with Crippen LogP contribution in [0.15, 0.2) is 35.2 Å². The van der Waals surface area contributed by atoms with Gasteiger partial charge in [0.25, 0.3) is 0 Å². The number of halogens is 1. The van der Waals surface area contributed by atoms with Crippen molar-refractivity contribution >= 4 is 22.2 Å². The lowest BCUT2D eigenvalue weighted by Gasteiger charge is -2.33. The van der Waals surface area contributed by atoms with Crippen molar-refractivity contribution in [1.29, 1.82) is 0 Å². The molecule has 1 saturated carbocycles. The monoisotopic (exact) mass is 424 g/mol. The maximum absolute atomic E-state index is 12.3. The van der Waals surface area contributed by atoms with Gasteiger partial charge < -0.3 is 9.72 Å². The summed E-state index contributed by atoms with van der Waals surface area (Å²) in [4.78, 5) is 6.53. The lowest BCUT2D eigenvalue weighted by atomic mass is 9.96. The summed E-state index contributed by atoms with van der Waals surface area (Å²) in [6, 6.07) is 10.5. The van der Waals surface area contributed by atoms with Crippen LogP contribution >= 0.6 is 12.4 Å². The third-order valence-corrected chi connectivity index (χ3v) is 8.04. The van der Waals surface area contributed by atoms with Gasteiger partial charge in [0.2, 0.25) is 0 Å². The molecule has 0 spiro atoms. The first-order chi connectivity index (χ1) is 13.0. The molecule has 3 unspecified atom stereocenters. The molecule has 0 amide bonds. The number of methoxy groups -OCH3 is 1. The van der Waals surface area contributed by atoms with Crippen molar-refractivity contribution in [3.05, 3.63) is 36.0 Å². The quantitative estimate of drug-likeness (QED) is 0.744. The van der Waals surface area contributed by atoms with Gasteiger partial charge in [-0.3, -0.25) is 4.90 Å². The number of H-pyrrole nitrogens is 1. The van der Waals surface area contributed by atoms with Crippen molar-refractivity contribution in [2.75, 3.05) is 19.4 Å². The molecule has 2 bridgehead atoms. The molecule has 1 aliphatic heterocycles. The second-order valence-electron chi connectivity index (χ2n) is 7.60. The van der Waals surface area contributed by atoms with Crippen molar-refractivity contribution in [1.82, 2.24) is 9.88 Å². The van der Waals surface area contributed by atoms with Gasteiger partial charge in [-0.2, -0.15) is 0 Å². The zero-order valence-corrected chi connectivity index (χ0v) is 18.3. The number of benzene rings is 1. The summed E-state index contributed by atoms with van der Waals surface area (Å²) in [6.45, 7) is 4.97. The van der Waals surface area contributed by atoms with E-state index in [9.17, 15) is 8.42 Å². The van der Waals surface area contributed by atoms with Gasteiger partial charge in [-0.1, -0.05) is 13.8 Å². The van der Waals surface area contributed by atoms with Crippen molar-refractivity contribution < 1.29 is 13.2 Å². The van der Waals surface area contributed by atoms with Gasteiger partial charge in [-0.15, -0.1) is 12.4 Å². The van der Waals surface area contributed by atoms with E-state index >= 15 is 0 Å². The molecule has 28 heavy (non-hydrogen) atoms. The van der Waals surface area contributed by atoms with E-state index in [1.807, 2.05) is 0 Å². The van der Waals surface area contributed by atoms with Crippen LogP contribution < -0.4 is 4.74 Å². The van der Waals surface area contributed by atoms with Crippen LogP contribution in [0.2, 0.25) is 0 Å². The molecule has 5 nitrogen and oxygen atoms in total. The minimum atomic E-state index is -3.26. The second-order valence-corrected chi connectivity index (χ2v) is 9.87. The van der Waals surface area contributed by atoms with Gasteiger partial charge in [0.1, 0.15) is 5.75 Å². The molecule has 3 atom stereocenters. The number of aromatic nitrogens is 1. The fourth-order valence-corrected chi connectivity index (χ4v) is 5.87. The Morgan fingerprint density at radius 3 is 2.64 bits per heavy atom. The third-order valence-electron chi connectivity index (χ3n) is 6.31. The summed E-state index contributed by atoms with van der Waals surface area (Å²) < 4.78 is 30.1. The van der Waals surface area contributed by atoms with E-state index in [2.05, 4.69) is 28.9 Å². The highest BCUT2D eigenvalue weighted by Gasteiger charge is 2.46. The predicted octanol–water partition coefficient (Wildman–Crippen LogP) is 4.45. The SMILES string of the molecule is CCN1C2CCC(C2)C1c1ccc(-c2cc(S(=O)(=O)CC)ccc2OC)[nH]1.Cl. The maximum Gasteiger partial charge on any atom is 0.178 e. The molecule has 2 aliphatic rings. The molecule has 1 aromatic carbocycles. The summed E-state index contributed by atoms with van der Waals surface area (Å²) in [5.41, 5.74) is 2.93. The molecule has 4 rings (SSSR count). The van der Waals surface area contributed by atoms with Gasteiger partial charge >= 0.3 is 0 Å². The third kappa shape index (κ3) is 3.46. The van der Waals surface area contributed by atoms with E-state index in [-0.39, 0.29) is 18.2 Å². The Morgan fingerprint density at radius 2 is 1.96 bits per heavy atom. The number of fused-ring (bicyclic) bond motifs is 2. The number of aromatic amines is 1. The number of piperidine rings is 1. The smallest absolute Gasteiger partial charge is 0.178 e. The predicted molar refractivity (Wildman–Crippen MR) is 114 cm³/mol. The highest BCUT2D eigenvalue weighted by atomic mass is 35.5. The van der Waals surface area contributed by atoms with Crippen LogP contribution in [0.4, 0.5) is 0 Å². The average Bonchev–Trinajstić information content (AvgIpc) is 3.42. The van der Waals surface area contributed by atoms with Gasteiger partial charge in [0.15, 0.2) is 9.84 Å². The molecular weight excluding hydrogens is 396 g/mol. The van der Waals surface area contributed by atoms with E-state index in [1.54, 1.807) is 32.2 Å². The first kappa shape index (κ1) is 21.2. The Labute approximate surface area is 173 Å². The van der Waals surface area contributed by atoms with Crippen molar-refractivity contribution in [3.8, 4) is 17.0 Å². The highest BCUT2D eigenvalue weighted by Crippen LogP contribution is 2.50. The number of nitrogens with zero attached hydrogens (tertiary/aromatic N) is 1. The molecular formula is C21H29ClN2O3S. The Hall–Kier alpha value is -1.50. The normalized spacial score (nSPS) is 24.3. The molecule has 1 N–H and O–H groups in total. The summed E-state index contributed by atoms with van der Waals surface area (Å²) in [7, 11) is -1.64. The van der Waals surface area contributed by atoms with E-state index in [0.717, 1.165) is 23.7 Å². The minimum Gasteiger partial charge on any atom is -0.496 e. The Morgan fingerprint density at radius 1 is 1.18 bits per heavy atom. The fourth-order valence-electron chi connectivity index (χ4n) is 4.96. The van der Waals surface area contributed by atoms with Gasteiger partial charge in [0.05, 0.1) is 23.8 Å². The molecule has 7 heteroatoms. The Balaban J connectivity index is 0.00000225. The van der Waals surface area contributed by atoms with Crippen LogP contribution in [0.25, 0.3) is 11.3 Å². The van der Waals surface area contributed by atoms with Crippen molar-refractivity contribution in [2.24, 2.45) is 5.92 Å². The molecule has 2 fully saturated rings. The molecule has 1 saturated heterocycles. The number of hydrogen-bond donors (Lipinski definition) is 1. The van der Waals surface area contributed by atoms with Crippen LogP contribution in [0.1, 0.15) is 44.8 Å². The van der Waals surface area contributed by atoms with E-state index in [0.29, 0.717) is 22.7 Å². The summed E-state index contributed by atoms with van der Waals surface area (Å²) >= 11 is 0. The van der Waals surface area contributed by atoms with Crippen LogP contribution in [0, 0.1) is 5.92 Å². The Bertz CT molecular complexity index is 941. The molecule has 1 aliphatic carbocycles. The van der Waals surface area contributed by atoms with Crippen LogP contribution in [0.3, 0.4) is 0 Å². The number of sulfone groups is 1. The van der Waals surface area contributed by atoms with Gasteiger partial charge in [0, 0.05) is 23.0 Å². The molecule has 2 aromatic rings. The van der Waals surface area contributed by atoms with E-state index < -0.39 is 9.84 Å². The summed E-state index contributed by atoms with van der Waals surface area (Å²) in [5, 5.41) is 0.